The Morgan fingerprint density at radius 2 is 1.93 bits per heavy atom. The molecule has 0 saturated carbocycles. The molecule has 1 aromatic rings. The summed E-state index contributed by atoms with van der Waals surface area (Å²) in [6.45, 7) is 16.9. The summed E-state index contributed by atoms with van der Waals surface area (Å²) in [5, 5.41) is 10.2. The van der Waals surface area contributed by atoms with Crippen LogP contribution >= 0.6 is 11.3 Å². The van der Waals surface area contributed by atoms with E-state index in [9.17, 15) is 0 Å². The maximum Gasteiger partial charge on any atom is 0.191 e. The molecule has 27 heavy (non-hydrogen) atoms. The molecule has 1 aromatic heterocycles. The second-order valence-electron chi connectivity index (χ2n) is 7.68. The minimum Gasteiger partial charge on any atom is -0.357 e. The van der Waals surface area contributed by atoms with Crippen molar-refractivity contribution in [2.75, 3.05) is 44.2 Å². The van der Waals surface area contributed by atoms with Gasteiger partial charge in [0.2, 0.25) is 0 Å². The van der Waals surface area contributed by atoms with E-state index in [2.05, 4.69) is 60.4 Å². The highest BCUT2D eigenvalue weighted by Crippen LogP contribution is 2.24. The van der Waals surface area contributed by atoms with E-state index in [4.69, 9.17) is 9.98 Å². The first kappa shape index (κ1) is 22.0. The van der Waals surface area contributed by atoms with Gasteiger partial charge in [-0.2, -0.15) is 0 Å². The van der Waals surface area contributed by atoms with Crippen LogP contribution in [0.5, 0.6) is 0 Å². The average molecular weight is 395 g/mol. The number of nitrogens with zero attached hydrogens (tertiary/aromatic N) is 4. The van der Waals surface area contributed by atoms with Crippen molar-refractivity contribution in [2.45, 2.75) is 66.0 Å². The molecule has 0 aliphatic carbocycles. The van der Waals surface area contributed by atoms with E-state index in [1.165, 1.54) is 23.7 Å². The number of anilines is 1. The minimum absolute atomic E-state index is 0.546. The molecule has 154 valence electrons. The van der Waals surface area contributed by atoms with E-state index in [-0.39, 0.29) is 0 Å². The van der Waals surface area contributed by atoms with Crippen molar-refractivity contribution < 1.29 is 0 Å². The average Bonchev–Trinajstić information content (AvgIpc) is 3.29. The molecule has 0 radical (unpaired) electrons. The largest absolute Gasteiger partial charge is 0.357 e. The van der Waals surface area contributed by atoms with Crippen molar-refractivity contribution in [3.8, 4) is 0 Å². The summed E-state index contributed by atoms with van der Waals surface area (Å²) in [4.78, 5) is 14.4. The van der Waals surface area contributed by atoms with E-state index >= 15 is 0 Å². The van der Waals surface area contributed by atoms with Crippen molar-refractivity contribution in [2.24, 2.45) is 4.99 Å². The maximum atomic E-state index is 4.80. The molecular formula is C20H38N6S. The normalized spacial score (nSPS) is 15.4. The van der Waals surface area contributed by atoms with Crippen LogP contribution in [0.2, 0.25) is 0 Å². The van der Waals surface area contributed by atoms with Crippen molar-refractivity contribution in [3.63, 3.8) is 0 Å². The predicted octanol–water partition coefficient (Wildman–Crippen LogP) is 2.96. The van der Waals surface area contributed by atoms with E-state index in [1.807, 2.05) is 0 Å². The third-order valence-electron chi connectivity index (χ3n) is 4.89. The fourth-order valence-corrected chi connectivity index (χ4v) is 4.42. The summed E-state index contributed by atoms with van der Waals surface area (Å²) in [6.07, 6.45) is 3.52. The van der Waals surface area contributed by atoms with E-state index in [0.717, 1.165) is 51.6 Å². The van der Waals surface area contributed by atoms with Gasteiger partial charge in [-0.15, -0.1) is 11.3 Å². The summed E-state index contributed by atoms with van der Waals surface area (Å²) >= 11 is 1.77. The number of thiazole rings is 1. The van der Waals surface area contributed by atoms with Gasteiger partial charge in [0.25, 0.3) is 0 Å². The van der Waals surface area contributed by atoms with Gasteiger partial charge in [-0.25, -0.2) is 4.98 Å². The van der Waals surface area contributed by atoms with Gasteiger partial charge in [-0.3, -0.25) is 9.89 Å². The van der Waals surface area contributed by atoms with Crippen LogP contribution in [-0.4, -0.2) is 67.2 Å². The zero-order valence-electron chi connectivity index (χ0n) is 17.8. The van der Waals surface area contributed by atoms with Gasteiger partial charge in [-0.05, 0) is 47.5 Å². The molecule has 0 bridgehead atoms. The third kappa shape index (κ3) is 7.30. The molecule has 1 aliphatic rings. The summed E-state index contributed by atoms with van der Waals surface area (Å²) in [5.74, 6) is 0.903. The minimum atomic E-state index is 0.546. The topological polar surface area (TPSA) is 55.8 Å². The SMILES string of the molecule is CCNC(=NCCN(C(C)C)C(C)C)NCCc1csc(N2CCCC2)n1. The Bertz CT molecular complexity index is 555. The summed E-state index contributed by atoms with van der Waals surface area (Å²) in [7, 11) is 0. The first-order valence-corrected chi connectivity index (χ1v) is 11.4. The molecule has 0 spiro atoms. The summed E-state index contributed by atoms with van der Waals surface area (Å²) < 4.78 is 0. The van der Waals surface area contributed by atoms with Gasteiger partial charge in [-0.1, -0.05) is 0 Å². The van der Waals surface area contributed by atoms with Crippen molar-refractivity contribution >= 4 is 22.4 Å². The van der Waals surface area contributed by atoms with Gasteiger partial charge in [0.05, 0.1) is 12.2 Å². The van der Waals surface area contributed by atoms with Gasteiger partial charge in [0, 0.05) is 56.6 Å². The van der Waals surface area contributed by atoms with Gasteiger partial charge < -0.3 is 15.5 Å². The molecule has 2 rings (SSSR count). The number of guanidine groups is 1. The summed E-state index contributed by atoms with van der Waals surface area (Å²) in [5.41, 5.74) is 1.18. The Labute approximate surface area is 169 Å². The molecule has 0 unspecified atom stereocenters. The first-order valence-electron chi connectivity index (χ1n) is 10.5. The van der Waals surface area contributed by atoms with Crippen LogP contribution in [0.4, 0.5) is 5.13 Å². The molecule has 1 fully saturated rings. The molecule has 2 heterocycles. The maximum absolute atomic E-state index is 4.80. The Morgan fingerprint density at radius 3 is 2.56 bits per heavy atom. The lowest BCUT2D eigenvalue weighted by Gasteiger charge is -2.29. The fourth-order valence-electron chi connectivity index (χ4n) is 3.51. The van der Waals surface area contributed by atoms with Crippen LogP contribution in [0.3, 0.4) is 0 Å². The fraction of sp³-hybridized carbons (Fsp3) is 0.800. The Kier molecular flexibility index (Phi) is 9.34. The third-order valence-corrected chi connectivity index (χ3v) is 5.84. The number of hydrogen-bond donors (Lipinski definition) is 2. The Morgan fingerprint density at radius 1 is 1.22 bits per heavy atom. The van der Waals surface area contributed by atoms with E-state index in [0.29, 0.717) is 12.1 Å². The summed E-state index contributed by atoms with van der Waals surface area (Å²) in [6, 6.07) is 1.09. The monoisotopic (exact) mass is 394 g/mol. The van der Waals surface area contributed by atoms with Crippen molar-refractivity contribution in [1.29, 1.82) is 0 Å². The Balaban J connectivity index is 1.78. The Hall–Kier alpha value is -1.34. The molecular weight excluding hydrogens is 356 g/mol. The highest BCUT2D eigenvalue weighted by atomic mass is 32.1. The van der Waals surface area contributed by atoms with Crippen molar-refractivity contribution in [1.82, 2.24) is 20.5 Å². The number of aromatic nitrogens is 1. The number of rotatable bonds is 10. The van der Waals surface area contributed by atoms with Crippen LogP contribution in [-0.2, 0) is 6.42 Å². The number of nitrogens with one attached hydrogen (secondary N) is 2. The van der Waals surface area contributed by atoms with E-state index < -0.39 is 0 Å². The smallest absolute Gasteiger partial charge is 0.191 e. The van der Waals surface area contributed by atoms with Crippen LogP contribution in [0, 0.1) is 0 Å². The molecule has 0 aromatic carbocycles. The van der Waals surface area contributed by atoms with Crippen molar-refractivity contribution in [3.05, 3.63) is 11.1 Å². The lowest BCUT2D eigenvalue weighted by atomic mass is 10.2. The molecule has 0 atom stereocenters. The van der Waals surface area contributed by atoms with Crippen LogP contribution in [0.25, 0.3) is 0 Å². The van der Waals surface area contributed by atoms with Crippen LogP contribution in [0.1, 0.15) is 53.2 Å². The predicted molar refractivity (Wildman–Crippen MR) is 118 cm³/mol. The molecule has 1 saturated heterocycles. The molecule has 6 nitrogen and oxygen atoms in total. The second-order valence-corrected chi connectivity index (χ2v) is 8.51. The zero-order valence-corrected chi connectivity index (χ0v) is 18.6. The van der Waals surface area contributed by atoms with Crippen LogP contribution < -0.4 is 15.5 Å². The van der Waals surface area contributed by atoms with Gasteiger partial charge in [0.1, 0.15) is 0 Å². The van der Waals surface area contributed by atoms with Crippen LogP contribution in [0.15, 0.2) is 10.4 Å². The van der Waals surface area contributed by atoms with Gasteiger partial charge >= 0.3 is 0 Å². The molecule has 2 N–H and O–H groups in total. The second kappa shape index (κ2) is 11.5. The highest BCUT2D eigenvalue weighted by molar-refractivity contribution is 7.13. The molecule has 0 amide bonds. The number of hydrogen-bond acceptors (Lipinski definition) is 5. The quantitative estimate of drug-likeness (QED) is 0.472. The van der Waals surface area contributed by atoms with Gasteiger partial charge in [0.15, 0.2) is 11.1 Å². The number of aliphatic imine (C=N–C) groups is 1. The highest BCUT2D eigenvalue weighted by Gasteiger charge is 2.15. The first-order chi connectivity index (χ1) is 13.0. The zero-order chi connectivity index (χ0) is 19.6. The lowest BCUT2D eigenvalue weighted by Crippen LogP contribution is -2.41. The standard InChI is InChI=1S/C20H38N6S/c1-6-21-19(23-11-14-26(16(2)3)17(4)5)22-10-9-18-15-27-20(24-18)25-12-7-8-13-25/h15-17H,6-14H2,1-5H3,(H2,21,22,23). The molecule has 7 heteroatoms. The molecule has 1 aliphatic heterocycles. The lowest BCUT2D eigenvalue weighted by molar-refractivity contribution is 0.181. The van der Waals surface area contributed by atoms with E-state index in [1.54, 1.807) is 11.3 Å².